The largest absolute Gasteiger partial charge is 0.463 e. The summed E-state index contributed by atoms with van der Waals surface area (Å²) < 4.78 is 11.1. The van der Waals surface area contributed by atoms with Gasteiger partial charge in [0.2, 0.25) is 0 Å². The van der Waals surface area contributed by atoms with Crippen molar-refractivity contribution in [3.05, 3.63) is 35.9 Å². The third kappa shape index (κ3) is 7.28. The normalized spacial score (nSPS) is 12.7. The highest BCUT2D eigenvalue weighted by molar-refractivity contribution is 5.76. The molecule has 0 unspecified atom stereocenters. The summed E-state index contributed by atoms with van der Waals surface area (Å²) in [6.45, 7) is 9.52. The second-order valence-corrected chi connectivity index (χ2v) is 6.19. The molecule has 0 saturated carbocycles. The average molecular weight is 292 g/mol. The van der Waals surface area contributed by atoms with E-state index in [2.05, 4.69) is 27.7 Å². The molecule has 0 radical (unpaired) electrons. The topological polar surface area (TPSA) is 35.5 Å². The standard InChI is InChI=1S/C18H28O3/c1-14(2)10-12-20-17(16-8-6-5-7-9-16)18(19)21-13-11-15(3)4/h5-9,14-15,17H,10-13H2,1-4H3/t17-/m1/s1. The van der Waals surface area contributed by atoms with E-state index < -0.39 is 6.10 Å². The van der Waals surface area contributed by atoms with Gasteiger partial charge < -0.3 is 9.47 Å². The summed E-state index contributed by atoms with van der Waals surface area (Å²) in [4.78, 5) is 12.3. The van der Waals surface area contributed by atoms with Crippen LogP contribution in [0.1, 0.15) is 52.2 Å². The predicted molar refractivity (Wildman–Crippen MR) is 85.0 cm³/mol. The van der Waals surface area contributed by atoms with Gasteiger partial charge in [0.1, 0.15) is 0 Å². The molecule has 0 aliphatic heterocycles. The molecule has 0 spiro atoms. The van der Waals surface area contributed by atoms with Crippen LogP contribution in [0.3, 0.4) is 0 Å². The first-order valence-corrected chi connectivity index (χ1v) is 7.84. The van der Waals surface area contributed by atoms with Crippen molar-refractivity contribution in [2.24, 2.45) is 11.8 Å². The van der Waals surface area contributed by atoms with Crippen molar-refractivity contribution in [2.45, 2.75) is 46.6 Å². The SMILES string of the molecule is CC(C)CCOC(=O)[C@H](OCCC(C)C)c1ccccc1. The van der Waals surface area contributed by atoms with Gasteiger partial charge in [-0.1, -0.05) is 58.0 Å². The molecule has 0 N–H and O–H groups in total. The van der Waals surface area contributed by atoms with Crippen LogP contribution in [0.5, 0.6) is 0 Å². The smallest absolute Gasteiger partial charge is 0.339 e. The minimum atomic E-state index is -0.614. The van der Waals surface area contributed by atoms with Crippen LogP contribution in [0.25, 0.3) is 0 Å². The van der Waals surface area contributed by atoms with Crippen molar-refractivity contribution >= 4 is 5.97 Å². The lowest BCUT2D eigenvalue weighted by molar-refractivity contribution is -0.158. The average Bonchev–Trinajstić information content (AvgIpc) is 2.43. The molecule has 118 valence electrons. The molecule has 0 saturated heterocycles. The zero-order valence-corrected chi connectivity index (χ0v) is 13.7. The van der Waals surface area contributed by atoms with Crippen molar-refractivity contribution in [1.82, 2.24) is 0 Å². The van der Waals surface area contributed by atoms with Crippen molar-refractivity contribution in [2.75, 3.05) is 13.2 Å². The number of esters is 1. The summed E-state index contributed by atoms with van der Waals surface area (Å²) in [5.74, 6) is 0.791. The zero-order chi connectivity index (χ0) is 15.7. The van der Waals surface area contributed by atoms with E-state index in [0.29, 0.717) is 25.0 Å². The second-order valence-electron chi connectivity index (χ2n) is 6.19. The maximum atomic E-state index is 12.3. The van der Waals surface area contributed by atoms with Crippen LogP contribution >= 0.6 is 0 Å². The fraction of sp³-hybridized carbons (Fsp3) is 0.611. The van der Waals surface area contributed by atoms with Gasteiger partial charge in [-0.3, -0.25) is 0 Å². The summed E-state index contributed by atoms with van der Waals surface area (Å²) >= 11 is 0. The van der Waals surface area contributed by atoms with E-state index in [4.69, 9.17) is 9.47 Å². The predicted octanol–water partition coefficient (Wildman–Crippen LogP) is 4.38. The lowest BCUT2D eigenvalue weighted by Crippen LogP contribution is -2.21. The minimum absolute atomic E-state index is 0.286. The lowest BCUT2D eigenvalue weighted by Gasteiger charge is -2.18. The summed E-state index contributed by atoms with van der Waals surface area (Å²) in [5.41, 5.74) is 0.857. The highest BCUT2D eigenvalue weighted by Gasteiger charge is 2.22. The third-order valence-electron chi connectivity index (χ3n) is 3.24. The molecular weight excluding hydrogens is 264 g/mol. The summed E-state index contributed by atoms with van der Waals surface area (Å²) in [5, 5.41) is 0. The van der Waals surface area contributed by atoms with Crippen LogP contribution in [0.2, 0.25) is 0 Å². The van der Waals surface area contributed by atoms with E-state index >= 15 is 0 Å². The van der Waals surface area contributed by atoms with Crippen LogP contribution in [0.15, 0.2) is 30.3 Å². The monoisotopic (exact) mass is 292 g/mol. The van der Waals surface area contributed by atoms with E-state index in [0.717, 1.165) is 18.4 Å². The molecule has 1 aromatic carbocycles. The van der Waals surface area contributed by atoms with Gasteiger partial charge in [-0.15, -0.1) is 0 Å². The Labute approximate surface area is 128 Å². The fourth-order valence-electron chi connectivity index (χ4n) is 1.82. The van der Waals surface area contributed by atoms with Crippen molar-refractivity contribution in [3.8, 4) is 0 Å². The Balaban J connectivity index is 2.61. The highest BCUT2D eigenvalue weighted by atomic mass is 16.6. The Kier molecular flexibility index (Phi) is 8.06. The van der Waals surface area contributed by atoms with Crippen LogP contribution in [0, 0.1) is 11.8 Å². The maximum Gasteiger partial charge on any atom is 0.339 e. The first-order chi connectivity index (χ1) is 10.0. The van der Waals surface area contributed by atoms with Gasteiger partial charge in [0.25, 0.3) is 0 Å². The van der Waals surface area contributed by atoms with Crippen molar-refractivity contribution in [1.29, 1.82) is 0 Å². The molecule has 1 rings (SSSR count). The molecule has 3 nitrogen and oxygen atoms in total. The van der Waals surface area contributed by atoms with Crippen molar-refractivity contribution in [3.63, 3.8) is 0 Å². The van der Waals surface area contributed by atoms with Crippen LogP contribution in [0.4, 0.5) is 0 Å². The van der Waals surface area contributed by atoms with Crippen molar-refractivity contribution < 1.29 is 14.3 Å². The van der Waals surface area contributed by atoms with E-state index in [1.807, 2.05) is 30.3 Å². The molecule has 1 aromatic rings. The maximum absolute atomic E-state index is 12.3. The molecule has 0 amide bonds. The van der Waals surface area contributed by atoms with Gasteiger partial charge in [-0.25, -0.2) is 4.79 Å². The molecule has 0 fully saturated rings. The highest BCUT2D eigenvalue weighted by Crippen LogP contribution is 2.20. The zero-order valence-electron chi connectivity index (χ0n) is 13.7. The van der Waals surface area contributed by atoms with Crippen LogP contribution in [-0.4, -0.2) is 19.2 Å². The number of carbonyl (C=O) groups excluding carboxylic acids is 1. The summed E-state index contributed by atoms with van der Waals surface area (Å²) in [6.07, 6.45) is 1.19. The molecule has 21 heavy (non-hydrogen) atoms. The molecule has 0 bridgehead atoms. The molecule has 1 atom stereocenters. The molecular formula is C18H28O3. The number of ether oxygens (including phenoxy) is 2. The van der Waals surface area contributed by atoms with E-state index in [1.165, 1.54) is 0 Å². The van der Waals surface area contributed by atoms with E-state index in [9.17, 15) is 4.79 Å². The van der Waals surface area contributed by atoms with E-state index in [-0.39, 0.29) is 5.97 Å². The summed E-state index contributed by atoms with van der Waals surface area (Å²) in [7, 11) is 0. The fourth-order valence-corrected chi connectivity index (χ4v) is 1.82. The number of rotatable bonds is 9. The molecule has 0 aliphatic rings. The molecule has 3 heteroatoms. The minimum Gasteiger partial charge on any atom is -0.463 e. The van der Waals surface area contributed by atoms with Gasteiger partial charge in [-0.05, 0) is 30.2 Å². The molecule has 0 aromatic heterocycles. The number of hydrogen-bond donors (Lipinski definition) is 0. The lowest BCUT2D eigenvalue weighted by atomic mass is 10.1. The number of hydrogen-bond acceptors (Lipinski definition) is 3. The first kappa shape index (κ1) is 17.7. The number of benzene rings is 1. The molecule has 0 heterocycles. The van der Waals surface area contributed by atoms with Crippen LogP contribution in [-0.2, 0) is 14.3 Å². The van der Waals surface area contributed by atoms with Gasteiger partial charge in [0.05, 0.1) is 6.61 Å². The van der Waals surface area contributed by atoms with E-state index in [1.54, 1.807) is 0 Å². The Bertz CT molecular complexity index is 398. The Hall–Kier alpha value is -1.35. The Morgan fingerprint density at radius 1 is 0.952 bits per heavy atom. The third-order valence-corrected chi connectivity index (χ3v) is 3.24. The Morgan fingerprint density at radius 3 is 2.10 bits per heavy atom. The second kappa shape index (κ2) is 9.56. The summed E-state index contributed by atoms with van der Waals surface area (Å²) in [6, 6.07) is 9.57. The van der Waals surface area contributed by atoms with Gasteiger partial charge in [0, 0.05) is 6.61 Å². The van der Waals surface area contributed by atoms with Gasteiger partial charge in [-0.2, -0.15) is 0 Å². The van der Waals surface area contributed by atoms with Crippen LogP contribution < -0.4 is 0 Å². The molecule has 0 aliphatic carbocycles. The number of carbonyl (C=O) groups is 1. The Morgan fingerprint density at radius 2 is 1.52 bits per heavy atom. The van der Waals surface area contributed by atoms with Gasteiger partial charge >= 0.3 is 5.97 Å². The quantitative estimate of drug-likeness (QED) is 0.634. The van der Waals surface area contributed by atoms with Gasteiger partial charge in [0.15, 0.2) is 6.10 Å². The first-order valence-electron chi connectivity index (χ1n) is 7.84.